The van der Waals surface area contributed by atoms with Crippen molar-refractivity contribution in [3.05, 3.63) is 0 Å². The van der Waals surface area contributed by atoms with Crippen LogP contribution in [0.3, 0.4) is 0 Å². The van der Waals surface area contributed by atoms with Crippen molar-refractivity contribution in [2.24, 2.45) is 5.92 Å². The summed E-state index contributed by atoms with van der Waals surface area (Å²) in [6.07, 6.45) is 7.08. The second-order valence-electron chi connectivity index (χ2n) is 4.59. The molecule has 1 amide bonds. The summed E-state index contributed by atoms with van der Waals surface area (Å²) in [5.41, 5.74) is 0. The number of carbonyl (C=O) groups excluding carboxylic acids is 1. The van der Waals surface area contributed by atoms with Gasteiger partial charge in [0.2, 0.25) is 5.91 Å². The van der Waals surface area contributed by atoms with E-state index >= 15 is 0 Å². The van der Waals surface area contributed by atoms with E-state index in [0.29, 0.717) is 6.04 Å². The number of thioether (sulfide) groups is 1. The van der Waals surface area contributed by atoms with Crippen molar-refractivity contribution >= 4 is 30.1 Å². The molecule has 2 fully saturated rings. The Morgan fingerprint density at radius 2 is 2.12 bits per heavy atom. The molecule has 0 aromatic carbocycles. The number of amides is 1. The lowest BCUT2D eigenvalue weighted by molar-refractivity contribution is -0.127. The minimum atomic E-state index is 0. The number of nitrogens with one attached hydrogen (secondary N) is 2. The number of carbonyl (C=O) groups is 1. The highest BCUT2D eigenvalue weighted by atomic mass is 35.5. The van der Waals surface area contributed by atoms with Crippen molar-refractivity contribution < 1.29 is 4.79 Å². The fourth-order valence-corrected chi connectivity index (χ4v) is 3.11. The molecule has 16 heavy (non-hydrogen) atoms. The Morgan fingerprint density at radius 1 is 1.38 bits per heavy atom. The zero-order valence-corrected chi connectivity index (χ0v) is 11.3. The van der Waals surface area contributed by atoms with Crippen LogP contribution in [0.5, 0.6) is 0 Å². The summed E-state index contributed by atoms with van der Waals surface area (Å²) >= 11 is 1.94. The van der Waals surface area contributed by atoms with Crippen molar-refractivity contribution in [1.29, 1.82) is 0 Å². The Bertz CT molecular complexity index is 236. The minimum Gasteiger partial charge on any atom is -0.353 e. The van der Waals surface area contributed by atoms with E-state index in [9.17, 15) is 4.79 Å². The lowest BCUT2D eigenvalue weighted by Gasteiger charge is -2.32. The van der Waals surface area contributed by atoms with Crippen LogP contribution in [-0.2, 0) is 4.79 Å². The standard InChI is InChI=1S/C11H20N2OS.ClH/c1-15-10-4-2-3-9(5-10)13-11(14)8-6-12-7-8;/h8-10,12H,2-7H2,1H3,(H,13,14);1H. The lowest BCUT2D eigenvalue weighted by Crippen LogP contribution is -2.53. The van der Waals surface area contributed by atoms with Crippen molar-refractivity contribution in [2.45, 2.75) is 37.0 Å². The largest absolute Gasteiger partial charge is 0.353 e. The van der Waals surface area contributed by atoms with Gasteiger partial charge in [0, 0.05) is 24.4 Å². The zero-order valence-electron chi connectivity index (χ0n) is 9.70. The van der Waals surface area contributed by atoms with Gasteiger partial charge >= 0.3 is 0 Å². The molecule has 1 aliphatic carbocycles. The summed E-state index contributed by atoms with van der Waals surface area (Å²) in [4.78, 5) is 11.7. The summed E-state index contributed by atoms with van der Waals surface area (Å²) < 4.78 is 0. The zero-order chi connectivity index (χ0) is 10.7. The predicted octanol–water partition coefficient (Wildman–Crippen LogP) is 1.42. The highest BCUT2D eigenvalue weighted by molar-refractivity contribution is 7.99. The first kappa shape index (κ1) is 14.1. The maximum Gasteiger partial charge on any atom is 0.225 e. The Kier molecular flexibility index (Phi) is 5.94. The van der Waals surface area contributed by atoms with Crippen LogP contribution in [0.15, 0.2) is 0 Å². The molecule has 2 unspecified atom stereocenters. The molecule has 1 aliphatic heterocycles. The van der Waals surface area contributed by atoms with Crippen molar-refractivity contribution in [2.75, 3.05) is 19.3 Å². The quantitative estimate of drug-likeness (QED) is 0.810. The molecule has 0 aromatic rings. The van der Waals surface area contributed by atoms with Crippen molar-refractivity contribution in [3.8, 4) is 0 Å². The fraction of sp³-hybridized carbons (Fsp3) is 0.909. The van der Waals surface area contributed by atoms with Crippen LogP contribution < -0.4 is 10.6 Å². The van der Waals surface area contributed by atoms with Crippen molar-refractivity contribution in [1.82, 2.24) is 10.6 Å². The first-order chi connectivity index (χ1) is 7.29. The van der Waals surface area contributed by atoms with Crippen molar-refractivity contribution in [3.63, 3.8) is 0 Å². The fourth-order valence-electron chi connectivity index (χ4n) is 2.28. The highest BCUT2D eigenvalue weighted by Crippen LogP contribution is 2.27. The van der Waals surface area contributed by atoms with Crippen LogP contribution in [0, 0.1) is 5.92 Å². The van der Waals surface area contributed by atoms with Crippen LogP contribution in [0.1, 0.15) is 25.7 Å². The third-order valence-electron chi connectivity index (χ3n) is 3.46. The topological polar surface area (TPSA) is 41.1 Å². The van der Waals surface area contributed by atoms with Crippen LogP contribution in [-0.4, -0.2) is 36.5 Å². The molecule has 5 heteroatoms. The molecule has 0 radical (unpaired) electrons. The number of halogens is 1. The van der Waals surface area contributed by atoms with Crippen LogP contribution in [0.25, 0.3) is 0 Å². The van der Waals surface area contributed by atoms with Gasteiger partial charge in [0.05, 0.1) is 5.92 Å². The van der Waals surface area contributed by atoms with E-state index in [1.807, 2.05) is 11.8 Å². The van der Waals surface area contributed by atoms with E-state index in [1.165, 1.54) is 19.3 Å². The molecular weight excluding hydrogens is 244 g/mol. The first-order valence-electron chi connectivity index (χ1n) is 5.83. The van der Waals surface area contributed by atoms with Gasteiger partial charge < -0.3 is 10.6 Å². The summed E-state index contributed by atoms with van der Waals surface area (Å²) in [7, 11) is 0. The molecule has 1 saturated heterocycles. The van der Waals surface area contributed by atoms with Gasteiger partial charge in [0.25, 0.3) is 0 Å². The summed E-state index contributed by atoms with van der Waals surface area (Å²) in [6.45, 7) is 1.73. The summed E-state index contributed by atoms with van der Waals surface area (Å²) in [6, 6.07) is 0.435. The van der Waals surface area contributed by atoms with E-state index in [0.717, 1.165) is 24.8 Å². The highest BCUT2D eigenvalue weighted by Gasteiger charge is 2.28. The Morgan fingerprint density at radius 3 is 2.69 bits per heavy atom. The van der Waals surface area contributed by atoms with Gasteiger partial charge in [-0.15, -0.1) is 12.4 Å². The molecule has 0 spiro atoms. The molecule has 2 aliphatic rings. The normalized spacial score (nSPS) is 30.1. The Labute approximate surface area is 108 Å². The Balaban J connectivity index is 0.00000128. The van der Waals surface area contributed by atoms with E-state index < -0.39 is 0 Å². The maximum atomic E-state index is 11.7. The molecular formula is C11H21ClN2OS. The second kappa shape index (κ2) is 6.72. The maximum absolute atomic E-state index is 11.7. The first-order valence-corrected chi connectivity index (χ1v) is 7.12. The molecule has 2 atom stereocenters. The third-order valence-corrected chi connectivity index (χ3v) is 4.55. The van der Waals surface area contributed by atoms with Crippen LogP contribution >= 0.6 is 24.2 Å². The summed E-state index contributed by atoms with van der Waals surface area (Å²) in [5.74, 6) is 0.500. The monoisotopic (exact) mass is 264 g/mol. The number of hydrogen-bond acceptors (Lipinski definition) is 3. The van der Waals surface area contributed by atoms with Gasteiger partial charge in [0.1, 0.15) is 0 Å². The van der Waals surface area contributed by atoms with Crippen LogP contribution in [0.2, 0.25) is 0 Å². The molecule has 94 valence electrons. The molecule has 2 N–H and O–H groups in total. The lowest BCUT2D eigenvalue weighted by atomic mass is 9.93. The minimum absolute atomic E-state index is 0. The molecule has 0 bridgehead atoms. The van der Waals surface area contributed by atoms with E-state index in [4.69, 9.17) is 0 Å². The molecule has 0 aromatic heterocycles. The summed E-state index contributed by atoms with van der Waals surface area (Å²) in [5, 5.41) is 7.08. The smallest absolute Gasteiger partial charge is 0.225 e. The molecule has 1 saturated carbocycles. The Hall–Kier alpha value is 0.0700. The van der Waals surface area contributed by atoms with Gasteiger partial charge in [-0.1, -0.05) is 6.42 Å². The number of rotatable bonds is 3. The third kappa shape index (κ3) is 3.54. The van der Waals surface area contributed by atoms with Crippen LogP contribution in [0.4, 0.5) is 0 Å². The van der Waals surface area contributed by atoms with Gasteiger partial charge in [-0.3, -0.25) is 4.79 Å². The number of hydrogen-bond donors (Lipinski definition) is 2. The molecule has 2 rings (SSSR count). The van der Waals surface area contributed by atoms with Gasteiger partial charge in [-0.25, -0.2) is 0 Å². The van der Waals surface area contributed by atoms with Gasteiger partial charge in [0.15, 0.2) is 0 Å². The molecule has 3 nitrogen and oxygen atoms in total. The van der Waals surface area contributed by atoms with Gasteiger partial charge in [-0.2, -0.15) is 11.8 Å². The average molecular weight is 265 g/mol. The second-order valence-corrected chi connectivity index (χ2v) is 5.72. The van der Waals surface area contributed by atoms with Gasteiger partial charge in [-0.05, 0) is 25.5 Å². The van der Waals surface area contributed by atoms with E-state index in [-0.39, 0.29) is 24.2 Å². The average Bonchev–Trinajstić information content (AvgIpc) is 2.15. The van der Waals surface area contributed by atoms with E-state index in [2.05, 4.69) is 16.9 Å². The predicted molar refractivity (Wildman–Crippen MR) is 71.3 cm³/mol. The van der Waals surface area contributed by atoms with E-state index in [1.54, 1.807) is 0 Å². The molecule has 1 heterocycles. The SMILES string of the molecule is CSC1CCCC(NC(=O)C2CNC2)C1.Cl.